The third-order valence-corrected chi connectivity index (χ3v) is 4.25. The van der Waals surface area contributed by atoms with Crippen molar-refractivity contribution < 1.29 is 19.0 Å². The first-order valence-electron chi connectivity index (χ1n) is 7.72. The number of benzene rings is 2. The van der Waals surface area contributed by atoms with Crippen LogP contribution in [0.1, 0.15) is 10.4 Å². The first kappa shape index (κ1) is 17.9. The maximum atomic E-state index is 12.8. The smallest absolute Gasteiger partial charge is 0.261 e. The molecular weight excluding hydrogens is 358 g/mol. The van der Waals surface area contributed by atoms with E-state index in [-0.39, 0.29) is 11.7 Å². The molecule has 1 heterocycles. The van der Waals surface area contributed by atoms with Gasteiger partial charge in [0.1, 0.15) is 0 Å². The van der Waals surface area contributed by atoms with Gasteiger partial charge >= 0.3 is 0 Å². The number of fused-ring (bicyclic) bond motifs is 1. The lowest BCUT2D eigenvalue weighted by molar-refractivity contribution is 0.102. The second-order valence-electron chi connectivity index (χ2n) is 5.46. The summed E-state index contributed by atoms with van der Waals surface area (Å²) in [6, 6.07) is 8.61. The number of imidazole rings is 1. The van der Waals surface area contributed by atoms with E-state index in [4.69, 9.17) is 25.8 Å². The van der Waals surface area contributed by atoms with Crippen LogP contribution in [0.25, 0.3) is 11.0 Å². The molecule has 0 radical (unpaired) electrons. The van der Waals surface area contributed by atoms with Gasteiger partial charge in [-0.1, -0.05) is 11.6 Å². The average Bonchev–Trinajstić information content (AvgIpc) is 2.94. The van der Waals surface area contributed by atoms with E-state index in [0.717, 1.165) is 5.52 Å². The maximum absolute atomic E-state index is 12.8. The zero-order chi connectivity index (χ0) is 18.8. The number of nitrogens with one attached hydrogen (secondary N) is 1. The molecule has 0 saturated heterocycles. The highest BCUT2D eigenvalue weighted by atomic mass is 35.5. The van der Waals surface area contributed by atoms with Gasteiger partial charge in [-0.05, 0) is 30.3 Å². The molecule has 3 aromatic rings. The van der Waals surface area contributed by atoms with Crippen molar-refractivity contribution >= 4 is 34.5 Å². The number of hydrogen-bond acceptors (Lipinski definition) is 5. The molecular formula is C18H18ClN3O4. The summed E-state index contributed by atoms with van der Waals surface area (Å²) in [6.45, 7) is 0. The first-order valence-corrected chi connectivity index (χ1v) is 8.10. The van der Waals surface area contributed by atoms with Gasteiger partial charge in [0.2, 0.25) is 11.7 Å². The number of anilines is 1. The van der Waals surface area contributed by atoms with Crippen LogP contribution < -0.4 is 19.5 Å². The van der Waals surface area contributed by atoms with E-state index in [1.807, 2.05) is 13.1 Å². The van der Waals surface area contributed by atoms with Crippen LogP contribution in [-0.4, -0.2) is 36.8 Å². The Morgan fingerprint density at radius 2 is 1.81 bits per heavy atom. The van der Waals surface area contributed by atoms with E-state index < -0.39 is 0 Å². The number of rotatable bonds is 5. The molecule has 26 heavy (non-hydrogen) atoms. The SMILES string of the molecule is COc1ccc(C(=O)Nc2nc3cc(Cl)ccc3n2C)c(OC)c1OC. The van der Waals surface area contributed by atoms with E-state index in [1.54, 1.807) is 28.8 Å². The summed E-state index contributed by atoms with van der Waals surface area (Å²) in [5.74, 6) is 1.11. The highest BCUT2D eigenvalue weighted by Gasteiger charge is 2.22. The number of carbonyl (C=O) groups is 1. The lowest BCUT2D eigenvalue weighted by Crippen LogP contribution is -2.16. The van der Waals surface area contributed by atoms with E-state index >= 15 is 0 Å². The fourth-order valence-electron chi connectivity index (χ4n) is 2.73. The number of methoxy groups -OCH3 is 3. The van der Waals surface area contributed by atoms with Crippen LogP contribution in [0.15, 0.2) is 30.3 Å². The third-order valence-electron chi connectivity index (χ3n) is 4.02. The molecule has 136 valence electrons. The maximum Gasteiger partial charge on any atom is 0.261 e. The molecule has 1 N–H and O–H groups in total. The predicted octanol–water partition coefficient (Wildman–Crippen LogP) is 3.50. The summed E-state index contributed by atoms with van der Waals surface area (Å²) in [6.07, 6.45) is 0. The van der Waals surface area contributed by atoms with Crippen molar-refractivity contribution in [3.8, 4) is 17.2 Å². The molecule has 0 saturated carbocycles. The van der Waals surface area contributed by atoms with Crippen LogP contribution >= 0.6 is 11.6 Å². The fraction of sp³-hybridized carbons (Fsp3) is 0.222. The Labute approximate surface area is 155 Å². The summed E-state index contributed by atoms with van der Waals surface area (Å²) in [5, 5.41) is 3.37. The van der Waals surface area contributed by atoms with Crippen LogP contribution in [0.5, 0.6) is 17.2 Å². The third kappa shape index (κ3) is 3.01. The number of halogens is 1. The summed E-state index contributed by atoms with van der Waals surface area (Å²) in [5.41, 5.74) is 1.84. The molecule has 0 bridgehead atoms. The van der Waals surface area contributed by atoms with Crippen LogP contribution in [0.4, 0.5) is 5.95 Å². The lowest BCUT2D eigenvalue weighted by atomic mass is 10.1. The van der Waals surface area contributed by atoms with Crippen molar-refractivity contribution in [2.24, 2.45) is 7.05 Å². The molecule has 2 aromatic carbocycles. The van der Waals surface area contributed by atoms with Gasteiger partial charge in [0.25, 0.3) is 5.91 Å². The van der Waals surface area contributed by atoms with E-state index in [2.05, 4.69) is 10.3 Å². The molecule has 0 unspecified atom stereocenters. The summed E-state index contributed by atoms with van der Waals surface area (Å²) in [4.78, 5) is 17.2. The number of hydrogen-bond donors (Lipinski definition) is 1. The molecule has 0 spiro atoms. The quantitative estimate of drug-likeness (QED) is 0.738. The molecule has 3 rings (SSSR count). The standard InChI is InChI=1S/C18H18ClN3O4/c1-22-13-7-5-10(19)9-12(13)20-18(22)21-17(23)11-6-8-14(24-2)16(26-4)15(11)25-3/h5-9H,1-4H3,(H,20,21,23). The minimum absolute atomic E-state index is 0.283. The van der Waals surface area contributed by atoms with Crippen molar-refractivity contribution in [2.45, 2.75) is 0 Å². The van der Waals surface area contributed by atoms with Crippen LogP contribution in [0.2, 0.25) is 5.02 Å². The van der Waals surface area contributed by atoms with E-state index in [9.17, 15) is 4.79 Å². The Morgan fingerprint density at radius 1 is 1.08 bits per heavy atom. The van der Waals surface area contributed by atoms with Crippen LogP contribution in [-0.2, 0) is 7.05 Å². The highest BCUT2D eigenvalue weighted by molar-refractivity contribution is 6.31. The van der Waals surface area contributed by atoms with E-state index in [0.29, 0.717) is 33.6 Å². The van der Waals surface area contributed by atoms with Gasteiger partial charge in [0, 0.05) is 12.1 Å². The monoisotopic (exact) mass is 375 g/mol. The Bertz CT molecular complexity index is 984. The second-order valence-corrected chi connectivity index (χ2v) is 5.90. The van der Waals surface area contributed by atoms with Crippen molar-refractivity contribution in [2.75, 3.05) is 26.6 Å². The van der Waals surface area contributed by atoms with Gasteiger partial charge in [-0.25, -0.2) is 4.98 Å². The molecule has 8 heteroatoms. The largest absolute Gasteiger partial charge is 0.493 e. The number of ether oxygens (including phenoxy) is 3. The number of amides is 1. The Hall–Kier alpha value is -2.93. The van der Waals surface area contributed by atoms with Gasteiger partial charge < -0.3 is 18.8 Å². The van der Waals surface area contributed by atoms with Gasteiger partial charge in [-0.2, -0.15) is 0 Å². The fourth-order valence-corrected chi connectivity index (χ4v) is 2.90. The molecule has 0 atom stereocenters. The van der Waals surface area contributed by atoms with Gasteiger partial charge in [-0.3, -0.25) is 10.1 Å². The summed E-state index contributed by atoms with van der Waals surface area (Å²) in [7, 11) is 6.27. The normalized spacial score (nSPS) is 10.7. The molecule has 0 fully saturated rings. The number of aromatic nitrogens is 2. The first-order chi connectivity index (χ1) is 12.5. The lowest BCUT2D eigenvalue weighted by Gasteiger charge is -2.15. The van der Waals surface area contributed by atoms with Gasteiger partial charge in [0.05, 0.1) is 37.9 Å². The minimum atomic E-state index is -0.382. The Balaban J connectivity index is 1.99. The zero-order valence-corrected chi connectivity index (χ0v) is 15.5. The number of aryl methyl sites for hydroxylation is 1. The summed E-state index contributed by atoms with van der Waals surface area (Å²) >= 11 is 6.00. The highest BCUT2D eigenvalue weighted by Crippen LogP contribution is 2.40. The number of nitrogens with zero attached hydrogens (tertiary/aromatic N) is 2. The van der Waals surface area contributed by atoms with Gasteiger partial charge in [-0.15, -0.1) is 0 Å². The number of carbonyl (C=O) groups excluding carboxylic acids is 1. The van der Waals surface area contributed by atoms with E-state index in [1.165, 1.54) is 21.3 Å². The second kappa shape index (κ2) is 7.13. The molecule has 1 aromatic heterocycles. The van der Waals surface area contributed by atoms with Gasteiger partial charge in [0.15, 0.2) is 11.5 Å². The topological polar surface area (TPSA) is 74.6 Å². The molecule has 1 amide bonds. The Morgan fingerprint density at radius 3 is 2.46 bits per heavy atom. The van der Waals surface area contributed by atoms with Crippen molar-refractivity contribution in [1.29, 1.82) is 0 Å². The van der Waals surface area contributed by atoms with Crippen molar-refractivity contribution in [1.82, 2.24) is 9.55 Å². The van der Waals surface area contributed by atoms with Crippen LogP contribution in [0, 0.1) is 0 Å². The molecule has 0 aliphatic heterocycles. The summed E-state index contributed by atoms with van der Waals surface area (Å²) < 4.78 is 17.7. The molecule has 0 aliphatic carbocycles. The molecule has 0 aliphatic rings. The average molecular weight is 376 g/mol. The zero-order valence-electron chi connectivity index (χ0n) is 14.8. The molecule has 7 nitrogen and oxygen atoms in total. The van der Waals surface area contributed by atoms with Crippen LogP contribution in [0.3, 0.4) is 0 Å². The Kier molecular flexibility index (Phi) is 4.90. The predicted molar refractivity (Wildman–Crippen MR) is 99.8 cm³/mol. The van der Waals surface area contributed by atoms with Crippen molar-refractivity contribution in [3.63, 3.8) is 0 Å². The van der Waals surface area contributed by atoms with Crippen molar-refractivity contribution in [3.05, 3.63) is 40.9 Å². The minimum Gasteiger partial charge on any atom is -0.493 e.